The van der Waals surface area contributed by atoms with Crippen LogP contribution in [0.15, 0.2) is 35.1 Å². The molecule has 2 N–H and O–H groups in total. The fourth-order valence-corrected chi connectivity index (χ4v) is 3.01. The van der Waals surface area contributed by atoms with E-state index in [1.807, 2.05) is 46.6 Å². The lowest BCUT2D eigenvalue weighted by Gasteiger charge is -2.18. The number of nitrogens with zero attached hydrogens (tertiary/aromatic N) is 2. The van der Waals surface area contributed by atoms with Gasteiger partial charge in [-0.25, -0.2) is 4.68 Å². The second-order valence-corrected chi connectivity index (χ2v) is 5.23. The quantitative estimate of drug-likeness (QED) is 0.899. The van der Waals surface area contributed by atoms with Gasteiger partial charge >= 0.3 is 0 Å². The topological polar surface area (TPSA) is 53.0 Å². The SMILES string of the molecule is Cc1c(N)c(=O)n(C2CCCC2)n1-c1ccccc1. The first-order valence-corrected chi connectivity index (χ1v) is 6.85. The fraction of sp³-hybridized carbons (Fsp3) is 0.400. The number of benzene rings is 1. The maximum absolute atomic E-state index is 12.4. The van der Waals surface area contributed by atoms with E-state index in [1.165, 1.54) is 12.8 Å². The van der Waals surface area contributed by atoms with Crippen molar-refractivity contribution in [1.29, 1.82) is 0 Å². The standard InChI is InChI=1S/C15H19N3O/c1-11-14(16)15(19)18(13-9-5-6-10-13)17(11)12-7-3-2-4-8-12/h2-4,7-8,13H,5-6,9-10,16H2,1H3. The van der Waals surface area contributed by atoms with E-state index in [0.29, 0.717) is 5.69 Å². The first kappa shape index (κ1) is 12.1. The van der Waals surface area contributed by atoms with Crippen molar-refractivity contribution in [3.05, 3.63) is 46.4 Å². The largest absolute Gasteiger partial charge is 0.393 e. The molecule has 1 aliphatic rings. The van der Waals surface area contributed by atoms with E-state index < -0.39 is 0 Å². The van der Waals surface area contributed by atoms with Gasteiger partial charge in [-0.15, -0.1) is 0 Å². The van der Waals surface area contributed by atoms with Crippen LogP contribution in [0.1, 0.15) is 37.4 Å². The summed E-state index contributed by atoms with van der Waals surface area (Å²) in [6.45, 7) is 1.91. The third-order valence-electron chi connectivity index (χ3n) is 4.03. The van der Waals surface area contributed by atoms with Crippen LogP contribution < -0.4 is 11.3 Å². The number of nitrogen functional groups attached to an aromatic ring is 1. The van der Waals surface area contributed by atoms with Crippen LogP contribution in [-0.4, -0.2) is 9.36 Å². The van der Waals surface area contributed by atoms with Crippen molar-refractivity contribution in [3.63, 3.8) is 0 Å². The number of rotatable bonds is 2. The third kappa shape index (κ3) is 1.87. The molecule has 1 heterocycles. The summed E-state index contributed by atoms with van der Waals surface area (Å²) in [7, 11) is 0. The highest BCUT2D eigenvalue weighted by atomic mass is 16.1. The van der Waals surface area contributed by atoms with Crippen molar-refractivity contribution in [2.75, 3.05) is 5.73 Å². The van der Waals surface area contributed by atoms with Crippen molar-refractivity contribution >= 4 is 5.69 Å². The van der Waals surface area contributed by atoms with Crippen molar-refractivity contribution in [1.82, 2.24) is 9.36 Å². The molecule has 0 aliphatic heterocycles. The molecule has 3 rings (SSSR count). The molecular weight excluding hydrogens is 238 g/mol. The number of hydrogen-bond acceptors (Lipinski definition) is 2. The monoisotopic (exact) mass is 257 g/mol. The van der Waals surface area contributed by atoms with Crippen LogP contribution in [0.25, 0.3) is 5.69 Å². The summed E-state index contributed by atoms with van der Waals surface area (Å²) in [6, 6.07) is 10.2. The first-order valence-electron chi connectivity index (χ1n) is 6.85. The lowest BCUT2D eigenvalue weighted by atomic mass is 10.2. The van der Waals surface area contributed by atoms with Gasteiger partial charge in [-0.1, -0.05) is 31.0 Å². The van der Waals surface area contributed by atoms with Crippen LogP contribution in [0.3, 0.4) is 0 Å². The maximum Gasteiger partial charge on any atom is 0.290 e. The van der Waals surface area contributed by atoms with Gasteiger partial charge in [0, 0.05) is 0 Å². The molecule has 0 amide bonds. The zero-order chi connectivity index (χ0) is 13.4. The first-order chi connectivity index (χ1) is 9.20. The van der Waals surface area contributed by atoms with E-state index in [0.717, 1.165) is 24.2 Å². The van der Waals surface area contributed by atoms with Gasteiger partial charge in [0.15, 0.2) is 0 Å². The number of aromatic nitrogens is 2. The van der Waals surface area contributed by atoms with Gasteiger partial charge in [-0.2, -0.15) is 0 Å². The maximum atomic E-state index is 12.4. The van der Waals surface area contributed by atoms with Gasteiger partial charge in [-0.05, 0) is 31.9 Å². The van der Waals surface area contributed by atoms with Crippen LogP contribution in [0, 0.1) is 6.92 Å². The highest BCUT2D eigenvalue weighted by Gasteiger charge is 2.25. The van der Waals surface area contributed by atoms with Gasteiger partial charge in [-0.3, -0.25) is 9.48 Å². The zero-order valence-corrected chi connectivity index (χ0v) is 11.2. The average molecular weight is 257 g/mol. The molecule has 2 aromatic rings. The number of nitrogens with two attached hydrogens (primary N) is 1. The van der Waals surface area contributed by atoms with Crippen LogP contribution >= 0.6 is 0 Å². The summed E-state index contributed by atoms with van der Waals surface area (Å²) in [5.74, 6) is 0. The molecule has 0 saturated heterocycles. The fourth-order valence-electron chi connectivity index (χ4n) is 3.01. The Balaban J connectivity index is 2.23. The van der Waals surface area contributed by atoms with Crippen LogP contribution in [0.4, 0.5) is 5.69 Å². The third-order valence-corrected chi connectivity index (χ3v) is 4.03. The summed E-state index contributed by atoms with van der Waals surface area (Å²) in [6.07, 6.45) is 4.51. The highest BCUT2D eigenvalue weighted by molar-refractivity contribution is 5.46. The number of hydrogen-bond donors (Lipinski definition) is 1. The van der Waals surface area contributed by atoms with Gasteiger partial charge in [0.1, 0.15) is 5.69 Å². The second kappa shape index (κ2) is 4.61. The van der Waals surface area contributed by atoms with Gasteiger partial charge < -0.3 is 5.73 Å². The molecule has 0 unspecified atom stereocenters. The molecule has 0 radical (unpaired) electrons. The van der Waals surface area contributed by atoms with E-state index in [-0.39, 0.29) is 11.6 Å². The van der Waals surface area contributed by atoms with E-state index in [9.17, 15) is 4.79 Å². The Hall–Kier alpha value is -1.97. The molecule has 1 saturated carbocycles. The molecule has 1 fully saturated rings. The predicted octanol–water partition coefficient (Wildman–Crippen LogP) is 2.64. The number of anilines is 1. The second-order valence-electron chi connectivity index (χ2n) is 5.23. The van der Waals surface area contributed by atoms with Crippen molar-refractivity contribution in [3.8, 4) is 5.69 Å². The zero-order valence-electron chi connectivity index (χ0n) is 11.2. The average Bonchev–Trinajstić information content (AvgIpc) is 3.03. The number of para-hydroxylation sites is 1. The molecule has 1 aromatic heterocycles. The van der Waals surface area contributed by atoms with Gasteiger partial charge in [0.05, 0.1) is 17.4 Å². The summed E-state index contributed by atoms with van der Waals surface area (Å²) in [5, 5.41) is 0. The molecule has 0 atom stereocenters. The molecule has 19 heavy (non-hydrogen) atoms. The Morgan fingerprint density at radius 2 is 1.79 bits per heavy atom. The minimum Gasteiger partial charge on any atom is -0.393 e. The van der Waals surface area contributed by atoms with Crippen molar-refractivity contribution in [2.24, 2.45) is 0 Å². The molecule has 4 nitrogen and oxygen atoms in total. The summed E-state index contributed by atoms with van der Waals surface area (Å²) in [4.78, 5) is 12.4. The molecular formula is C15H19N3O. The summed E-state index contributed by atoms with van der Waals surface area (Å²) < 4.78 is 3.83. The summed E-state index contributed by atoms with van der Waals surface area (Å²) >= 11 is 0. The van der Waals surface area contributed by atoms with E-state index >= 15 is 0 Å². The molecule has 4 heteroatoms. The van der Waals surface area contributed by atoms with E-state index in [2.05, 4.69) is 0 Å². The smallest absolute Gasteiger partial charge is 0.290 e. The molecule has 1 aromatic carbocycles. The van der Waals surface area contributed by atoms with E-state index in [1.54, 1.807) is 0 Å². The Labute approximate surface area is 112 Å². The minimum atomic E-state index is -0.0479. The highest BCUT2D eigenvalue weighted by Crippen LogP contribution is 2.30. The van der Waals surface area contributed by atoms with E-state index in [4.69, 9.17) is 5.73 Å². The predicted molar refractivity (Wildman–Crippen MR) is 76.7 cm³/mol. The molecule has 100 valence electrons. The molecule has 0 spiro atoms. The molecule has 1 aliphatic carbocycles. The Morgan fingerprint density at radius 1 is 1.16 bits per heavy atom. The van der Waals surface area contributed by atoms with Crippen molar-refractivity contribution in [2.45, 2.75) is 38.6 Å². The Bertz CT molecular complexity index is 633. The van der Waals surface area contributed by atoms with Crippen molar-refractivity contribution < 1.29 is 0 Å². The Morgan fingerprint density at radius 3 is 2.42 bits per heavy atom. The van der Waals surface area contributed by atoms with Crippen LogP contribution in [-0.2, 0) is 0 Å². The van der Waals surface area contributed by atoms with Gasteiger partial charge in [0.2, 0.25) is 0 Å². The lowest BCUT2D eigenvalue weighted by Crippen LogP contribution is -2.26. The van der Waals surface area contributed by atoms with Crippen LogP contribution in [0.2, 0.25) is 0 Å². The minimum absolute atomic E-state index is 0.0479. The Kier molecular flexibility index (Phi) is 2.93. The van der Waals surface area contributed by atoms with Crippen LogP contribution in [0.5, 0.6) is 0 Å². The molecule has 0 bridgehead atoms. The van der Waals surface area contributed by atoms with Gasteiger partial charge in [0.25, 0.3) is 5.56 Å². The normalized spacial score (nSPS) is 16.1. The lowest BCUT2D eigenvalue weighted by molar-refractivity contribution is 0.415. The summed E-state index contributed by atoms with van der Waals surface area (Å²) in [5.41, 5.74) is 8.11.